The molecule has 16 heavy (non-hydrogen) atoms. The smallest absolute Gasteiger partial charge is 0.255 e. The number of nitrogens with zero attached hydrogens (tertiary/aromatic N) is 1. The molecule has 1 aromatic heterocycles. The van der Waals surface area contributed by atoms with Crippen molar-refractivity contribution in [3.05, 3.63) is 29.6 Å². The van der Waals surface area contributed by atoms with Gasteiger partial charge in [-0.1, -0.05) is 13.8 Å². The second-order valence-corrected chi connectivity index (χ2v) is 4.80. The minimum Gasteiger partial charge on any atom is -0.258 e. The number of hydrogen-bond acceptors (Lipinski definition) is 1. The van der Waals surface area contributed by atoms with Crippen molar-refractivity contribution in [2.75, 3.05) is 0 Å². The normalized spacial score (nSPS) is 21.9. The zero-order valence-electron chi connectivity index (χ0n) is 9.30. The minimum atomic E-state index is -2.87. The highest BCUT2D eigenvalue weighted by Crippen LogP contribution is 2.53. The van der Waals surface area contributed by atoms with Crippen LogP contribution in [0.2, 0.25) is 0 Å². The lowest BCUT2D eigenvalue weighted by Gasteiger charge is -2.40. The van der Waals surface area contributed by atoms with E-state index in [1.165, 1.54) is 6.20 Å². The number of pyridine rings is 1. The van der Waals surface area contributed by atoms with Crippen LogP contribution >= 0.6 is 0 Å². The lowest BCUT2D eigenvalue weighted by atomic mass is 9.75. The molecular formula is C12H14F3N. The van der Waals surface area contributed by atoms with Gasteiger partial charge in [-0.25, -0.2) is 13.2 Å². The Labute approximate surface area is 92.7 Å². The third-order valence-electron chi connectivity index (χ3n) is 2.99. The Morgan fingerprint density at radius 1 is 1.25 bits per heavy atom. The van der Waals surface area contributed by atoms with Crippen molar-refractivity contribution in [2.45, 2.75) is 44.2 Å². The summed E-state index contributed by atoms with van der Waals surface area (Å²) in [5.74, 6) is -2.63. The molecule has 0 atom stereocenters. The average Bonchev–Trinajstić information content (AvgIpc) is 2.15. The van der Waals surface area contributed by atoms with E-state index in [1.807, 2.05) is 13.8 Å². The topological polar surface area (TPSA) is 12.9 Å². The Morgan fingerprint density at radius 3 is 2.38 bits per heavy atom. The van der Waals surface area contributed by atoms with Gasteiger partial charge in [0.2, 0.25) is 0 Å². The van der Waals surface area contributed by atoms with E-state index in [-0.39, 0.29) is 11.6 Å². The van der Waals surface area contributed by atoms with Gasteiger partial charge in [-0.05, 0) is 23.6 Å². The fourth-order valence-corrected chi connectivity index (χ4v) is 2.00. The van der Waals surface area contributed by atoms with Crippen LogP contribution in [0.3, 0.4) is 0 Å². The molecule has 1 fully saturated rings. The molecule has 0 saturated heterocycles. The number of hydrogen-bond donors (Lipinski definition) is 0. The van der Waals surface area contributed by atoms with E-state index < -0.39 is 24.4 Å². The predicted molar refractivity (Wildman–Crippen MR) is 55.3 cm³/mol. The number of halogens is 3. The molecule has 1 aliphatic carbocycles. The van der Waals surface area contributed by atoms with Crippen LogP contribution in [-0.4, -0.2) is 10.9 Å². The molecule has 0 spiro atoms. The standard InChI is InChI=1S/C12H14F3N/c1-8(2)9-3-4-16-10(5-9)11(13)6-12(14,15)7-11/h3-5,8H,6-7H2,1-2H3. The summed E-state index contributed by atoms with van der Waals surface area (Å²) in [6.07, 6.45) is 0.00551. The Morgan fingerprint density at radius 2 is 1.88 bits per heavy atom. The summed E-state index contributed by atoms with van der Waals surface area (Å²) < 4.78 is 39.5. The molecule has 0 unspecified atom stereocenters. The first-order valence-corrected chi connectivity index (χ1v) is 5.36. The van der Waals surface area contributed by atoms with Crippen molar-refractivity contribution in [1.82, 2.24) is 4.98 Å². The summed E-state index contributed by atoms with van der Waals surface area (Å²) in [7, 11) is 0. The van der Waals surface area contributed by atoms with Crippen LogP contribution in [0.4, 0.5) is 13.2 Å². The second-order valence-electron chi connectivity index (χ2n) is 4.80. The van der Waals surface area contributed by atoms with E-state index in [0.717, 1.165) is 5.56 Å². The first-order valence-electron chi connectivity index (χ1n) is 5.36. The highest BCUT2D eigenvalue weighted by atomic mass is 19.3. The fraction of sp³-hybridized carbons (Fsp3) is 0.583. The Kier molecular flexibility index (Phi) is 2.48. The van der Waals surface area contributed by atoms with Crippen molar-refractivity contribution < 1.29 is 13.2 Å². The minimum absolute atomic E-state index is 0.143. The van der Waals surface area contributed by atoms with Crippen LogP contribution < -0.4 is 0 Å². The van der Waals surface area contributed by atoms with E-state index >= 15 is 0 Å². The molecule has 0 aromatic carbocycles. The van der Waals surface area contributed by atoms with Crippen molar-refractivity contribution >= 4 is 0 Å². The summed E-state index contributed by atoms with van der Waals surface area (Å²) in [4.78, 5) is 3.87. The summed E-state index contributed by atoms with van der Waals surface area (Å²) in [6, 6.07) is 3.38. The maximum Gasteiger partial charge on any atom is 0.255 e. The first kappa shape index (κ1) is 11.4. The highest BCUT2D eigenvalue weighted by Gasteiger charge is 2.59. The Bertz CT molecular complexity index is 393. The molecule has 0 aliphatic heterocycles. The zero-order valence-corrected chi connectivity index (χ0v) is 9.30. The van der Waals surface area contributed by atoms with Gasteiger partial charge in [0.25, 0.3) is 5.92 Å². The average molecular weight is 229 g/mol. The van der Waals surface area contributed by atoms with Gasteiger partial charge in [-0.3, -0.25) is 4.98 Å². The Hall–Kier alpha value is -1.06. The lowest BCUT2D eigenvalue weighted by molar-refractivity contribution is -0.176. The summed E-state index contributed by atoms with van der Waals surface area (Å²) in [6.45, 7) is 3.94. The first-order chi connectivity index (χ1) is 7.32. The molecule has 1 aliphatic rings. The van der Waals surface area contributed by atoms with Crippen LogP contribution in [-0.2, 0) is 5.67 Å². The molecule has 1 heterocycles. The molecule has 0 radical (unpaired) electrons. The van der Waals surface area contributed by atoms with Gasteiger partial charge in [0, 0.05) is 6.20 Å². The molecule has 0 N–H and O–H groups in total. The van der Waals surface area contributed by atoms with Crippen molar-refractivity contribution in [2.24, 2.45) is 0 Å². The van der Waals surface area contributed by atoms with Gasteiger partial charge >= 0.3 is 0 Å². The van der Waals surface area contributed by atoms with Gasteiger partial charge < -0.3 is 0 Å². The molecule has 2 rings (SSSR count). The van der Waals surface area contributed by atoms with Crippen LogP contribution in [0, 0.1) is 0 Å². The van der Waals surface area contributed by atoms with Crippen molar-refractivity contribution in [3.8, 4) is 0 Å². The third kappa shape index (κ3) is 1.93. The highest BCUT2D eigenvalue weighted by molar-refractivity contribution is 5.26. The van der Waals surface area contributed by atoms with Crippen LogP contribution in [0.25, 0.3) is 0 Å². The van der Waals surface area contributed by atoms with Gasteiger partial charge in [0.05, 0.1) is 18.5 Å². The zero-order chi connectivity index (χ0) is 12.0. The van der Waals surface area contributed by atoms with Crippen LogP contribution in [0.5, 0.6) is 0 Å². The van der Waals surface area contributed by atoms with Crippen LogP contribution in [0.1, 0.15) is 43.9 Å². The molecule has 1 aromatic rings. The molecule has 0 amide bonds. The monoisotopic (exact) mass is 229 g/mol. The summed E-state index contributed by atoms with van der Waals surface area (Å²) in [5.41, 5.74) is -0.865. The Balaban J connectivity index is 2.25. The summed E-state index contributed by atoms with van der Waals surface area (Å²) in [5, 5.41) is 0. The number of aromatic nitrogens is 1. The maximum atomic E-state index is 14.0. The van der Waals surface area contributed by atoms with E-state index in [0.29, 0.717) is 0 Å². The van der Waals surface area contributed by atoms with E-state index in [1.54, 1.807) is 12.1 Å². The number of rotatable bonds is 2. The van der Waals surface area contributed by atoms with E-state index in [9.17, 15) is 13.2 Å². The van der Waals surface area contributed by atoms with E-state index in [4.69, 9.17) is 0 Å². The molecule has 0 bridgehead atoms. The predicted octanol–water partition coefficient (Wildman–Crippen LogP) is 3.80. The van der Waals surface area contributed by atoms with Crippen LogP contribution in [0.15, 0.2) is 18.3 Å². The van der Waals surface area contributed by atoms with Gasteiger partial charge in [-0.2, -0.15) is 0 Å². The van der Waals surface area contributed by atoms with E-state index in [2.05, 4.69) is 4.98 Å². The van der Waals surface area contributed by atoms with Crippen molar-refractivity contribution in [3.63, 3.8) is 0 Å². The quantitative estimate of drug-likeness (QED) is 0.751. The van der Waals surface area contributed by atoms with Gasteiger partial charge in [0.1, 0.15) is 0 Å². The lowest BCUT2D eigenvalue weighted by Crippen LogP contribution is -2.46. The SMILES string of the molecule is CC(C)c1ccnc(C2(F)CC(F)(F)C2)c1. The molecule has 4 heteroatoms. The molecule has 1 saturated carbocycles. The van der Waals surface area contributed by atoms with Gasteiger partial charge in [0.15, 0.2) is 5.67 Å². The fourth-order valence-electron chi connectivity index (χ4n) is 2.00. The van der Waals surface area contributed by atoms with Crippen molar-refractivity contribution in [1.29, 1.82) is 0 Å². The maximum absolute atomic E-state index is 14.0. The van der Waals surface area contributed by atoms with Gasteiger partial charge in [-0.15, -0.1) is 0 Å². The summed E-state index contributed by atoms with van der Waals surface area (Å²) >= 11 is 0. The molecule has 88 valence electrons. The molecular weight excluding hydrogens is 215 g/mol. The third-order valence-corrected chi connectivity index (χ3v) is 2.99. The largest absolute Gasteiger partial charge is 0.258 e. The number of alkyl halides is 3. The second kappa shape index (κ2) is 3.47. The molecule has 1 nitrogen and oxygen atoms in total.